The number of ether oxygens (including phenoxy) is 6. The summed E-state index contributed by atoms with van der Waals surface area (Å²) in [5, 5.41) is 0. The topological polar surface area (TPSA) is 124 Å². The first-order valence-corrected chi connectivity index (χ1v) is 8.46. The predicted octanol–water partition coefficient (Wildman–Crippen LogP) is 0.430. The van der Waals surface area contributed by atoms with E-state index in [1.807, 2.05) is 0 Å². The van der Waals surface area contributed by atoms with Gasteiger partial charge in [-0.2, -0.15) is 0 Å². The van der Waals surface area contributed by atoms with Crippen molar-refractivity contribution in [2.24, 2.45) is 11.8 Å². The Morgan fingerprint density at radius 2 is 1.31 bits per heavy atom. The van der Waals surface area contributed by atoms with E-state index in [1.165, 1.54) is 7.11 Å². The third kappa shape index (κ3) is 3.63. The summed E-state index contributed by atoms with van der Waals surface area (Å²) in [6.45, 7) is 0. The molecule has 0 spiro atoms. The summed E-state index contributed by atoms with van der Waals surface area (Å²) in [6, 6.07) is 6.32. The number of rotatable bonds is 6. The van der Waals surface area contributed by atoms with Crippen LogP contribution in [0.1, 0.15) is 11.7 Å². The highest BCUT2D eigenvalue weighted by molar-refractivity contribution is 6.09. The first kappa shape index (κ1) is 22.2. The number of hydrogen-bond acceptors (Lipinski definition) is 10. The monoisotopic (exact) mass is 410 g/mol. The minimum absolute atomic E-state index is 0.393. The van der Waals surface area contributed by atoms with Crippen LogP contribution >= 0.6 is 0 Å². The van der Waals surface area contributed by atoms with Crippen LogP contribution in [-0.4, -0.2) is 65.0 Å². The Morgan fingerprint density at radius 3 is 1.72 bits per heavy atom. The van der Waals surface area contributed by atoms with Gasteiger partial charge in [0.1, 0.15) is 17.6 Å². The van der Waals surface area contributed by atoms with E-state index in [0.717, 1.165) is 28.4 Å². The molecule has 10 nitrogen and oxygen atoms in total. The fraction of sp³-hybridized carbons (Fsp3) is 0.474. The van der Waals surface area contributed by atoms with Gasteiger partial charge in [0.2, 0.25) is 0 Å². The van der Waals surface area contributed by atoms with Crippen molar-refractivity contribution in [2.45, 2.75) is 11.7 Å². The van der Waals surface area contributed by atoms with Gasteiger partial charge < -0.3 is 28.4 Å². The van der Waals surface area contributed by atoms with Gasteiger partial charge >= 0.3 is 23.9 Å². The van der Waals surface area contributed by atoms with Crippen LogP contribution in [0.25, 0.3) is 0 Å². The fourth-order valence-corrected chi connectivity index (χ4v) is 3.42. The molecule has 0 unspecified atom stereocenters. The molecule has 1 fully saturated rings. The van der Waals surface area contributed by atoms with Crippen molar-refractivity contribution < 1.29 is 47.6 Å². The van der Waals surface area contributed by atoms with Gasteiger partial charge in [0.15, 0.2) is 0 Å². The molecule has 1 aromatic rings. The maximum Gasteiger partial charge on any atom is 0.351 e. The van der Waals surface area contributed by atoms with Gasteiger partial charge in [-0.1, -0.05) is 12.1 Å². The number of carbonyl (C=O) groups excluding carboxylic acids is 4. The van der Waals surface area contributed by atoms with E-state index < -0.39 is 47.4 Å². The summed E-state index contributed by atoms with van der Waals surface area (Å²) in [6.07, 6.45) is -1.21. The second-order valence-corrected chi connectivity index (χ2v) is 6.08. The second kappa shape index (κ2) is 8.91. The Morgan fingerprint density at radius 1 is 0.793 bits per heavy atom. The van der Waals surface area contributed by atoms with Crippen molar-refractivity contribution in [3.8, 4) is 5.75 Å². The van der Waals surface area contributed by atoms with Crippen LogP contribution in [0.3, 0.4) is 0 Å². The molecule has 1 aliphatic rings. The molecule has 1 saturated heterocycles. The molecular formula is C19H22O10. The van der Waals surface area contributed by atoms with Gasteiger partial charge in [-0.25, -0.2) is 9.59 Å². The van der Waals surface area contributed by atoms with Crippen LogP contribution in [0.15, 0.2) is 24.3 Å². The number of esters is 4. The number of hydrogen-bond donors (Lipinski definition) is 0. The number of methoxy groups -OCH3 is 5. The minimum Gasteiger partial charge on any atom is -0.497 e. The molecule has 1 heterocycles. The van der Waals surface area contributed by atoms with E-state index in [2.05, 4.69) is 0 Å². The van der Waals surface area contributed by atoms with Crippen molar-refractivity contribution in [3.63, 3.8) is 0 Å². The van der Waals surface area contributed by atoms with Gasteiger partial charge in [0.25, 0.3) is 5.60 Å². The van der Waals surface area contributed by atoms with Crippen LogP contribution in [0.4, 0.5) is 0 Å². The van der Waals surface area contributed by atoms with E-state index in [4.69, 9.17) is 28.4 Å². The lowest BCUT2D eigenvalue weighted by molar-refractivity contribution is -0.194. The zero-order valence-electron chi connectivity index (χ0n) is 16.6. The van der Waals surface area contributed by atoms with Gasteiger partial charge in [-0.3, -0.25) is 9.59 Å². The highest BCUT2D eigenvalue weighted by atomic mass is 16.6. The molecule has 0 aliphatic carbocycles. The number of carbonyl (C=O) groups is 4. The van der Waals surface area contributed by atoms with Crippen LogP contribution in [-0.2, 0) is 42.9 Å². The van der Waals surface area contributed by atoms with E-state index in [1.54, 1.807) is 24.3 Å². The normalized spacial score (nSPS) is 22.3. The van der Waals surface area contributed by atoms with Gasteiger partial charge in [-0.05, 0) is 17.7 Å². The predicted molar refractivity (Wildman–Crippen MR) is 94.6 cm³/mol. The van der Waals surface area contributed by atoms with E-state index >= 15 is 0 Å². The molecule has 1 aliphatic heterocycles. The largest absolute Gasteiger partial charge is 0.497 e. The Kier molecular flexibility index (Phi) is 6.80. The quantitative estimate of drug-likeness (QED) is 0.370. The maximum atomic E-state index is 12.7. The summed E-state index contributed by atoms with van der Waals surface area (Å²) in [5.41, 5.74) is -2.16. The van der Waals surface area contributed by atoms with E-state index in [0.29, 0.717) is 11.3 Å². The van der Waals surface area contributed by atoms with Crippen molar-refractivity contribution in [1.82, 2.24) is 0 Å². The first-order chi connectivity index (χ1) is 13.8. The van der Waals surface area contributed by atoms with Gasteiger partial charge in [0, 0.05) is 0 Å². The summed E-state index contributed by atoms with van der Waals surface area (Å²) in [7, 11) is 5.66. The molecular weight excluding hydrogens is 388 g/mol. The summed E-state index contributed by atoms with van der Waals surface area (Å²) >= 11 is 0. The standard InChI is InChI=1S/C19H22O10/c1-24-11-8-6-10(7-9-11)14-12(15(20)25-2)13(16(21)26-3)19(29-14,17(22)27-4)18(23)28-5/h6-9,12-14H,1-5H3/t12-,13-,14-/m0/s1. The summed E-state index contributed by atoms with van der Waals surface area (Å²) in [4.78, 5) is 50.6. The molecule has 0 bridgehead atoms. The van der Waals surface area contributed by atoms with Crippen LogP contribution in [0.2, 0.25) is 0 Å². The summed E-state index contributed by atoms with van der Waals surface area (Å²) < 4.78 is 29.9. The maximum absolute atomic E-state index is 12.7. The highest BCUT2D eigenvalue weighted by Crippen LogP contribution is 2.50. The Bertz CT molecular complexity index is 769. The zero-order chi connectivity index (χ0) is 21.8. The third-order valence-corrected chi connectivity index (χ3v) is 4.79. The Hall–Kier alpha value is -3.14. The van der Waals surface area contributed by atoms with Crippen LogP contribution in [0.5, 0.6) is 5.75 Å². The Labute approximate surface area is 166 Å². The Balaban J connectivity index is 2.73. The molecule has 0 saturated carbocycles. The second-order valence-electron chi connectivity index (χ2n) is 6.08. The molecule has 3 atom stereocenters. The molecule has 0 aromatic heterocycles. The minimum atomic E-state index is -2.56. The first-order valence-electron chi connectivity index (χ1n) is 8.46. The molecule has 2 rings (SSSR count). The number of benzene rings is 1. The smallest absolute Gasteiger partial charge is 0.351 e. The third-order valence-electron chi connectivity index (χ3n) is 4.79. The molecule has 158 valence electrons. The molecule has 0 radical (unpaired) electrons. The van der Waals surface area contributed by atoms with Gasteiger partial charge in [0.05, 0.1) is 41.7 Å². The van der Waals surface area contributed by atoms with Crippen molar-refractivity contribution >= 4 is 23.9 Å². The molecule has 0 amide bonds. The lowest BCUT2D eigenvalue weighted by atomic mass is 9.77. The fourth-order valence-electron chi connectivity index (χ4n) is 3.42. The van der Waals surface area contributed by atoms with Crippen molar-refractivity contribution in [2.75, 3.05) is 35.5 Å². The molecule has 10 heteroatoms. The SMILES string of the molecule is COC(=O)[C@H]1[C@@H](C(=O)OC)C(C(=O)OC)(C(=O)OC)O[C@H]1c1ccc(OC)cc1. The highest BCUT2D eigenvalue weighted by Gasteiger charge is 2.71. The van der Waals surface area contributed by atoms with Crippen LogP contribution in [0, 0.1) is 11.8 Å². The lowest BCUT2D eigenvalue weighted by Gasteiger charge is -2.27. The average Bonchev–Trinajstić information content (AvgIpc) is 3.14. The average molecular weight is 410 g/mol. The van der Waals surface area contributed by atoms with Gasteiger partial charge in [-0.15, -0.1) is 0 Å². The molecule has 0 N–H and O–H groups in total. The van der Waals surface area contributed by atoms with E-state index in [-0.39, 0.29) is 0 Å². The van der Waals surface area contributed by atoms with Crippen molar-refractivity contribution in [1.29, 1.82) is 0 Å². The molecule has 1 aromatic carbocycles. The molecule has 29 heavy (non-hydrogen) atoms. The zero-order valence-corrected chi connectivity index (χ0v) is 16.6. The summed E-state index contributed by atoms with van der Waals surface area (Å²) in [5.74, 6) is -6.89. The van der Waals surface area contributed by atoms with E-state index in [9.17, 15) is 19.2 Å². The van der Waals surface area contributed by atoms with Crippen LogP contribution < -0.4 is 4.74 Å². The van der Waals surface area contributed by atoms with Crippen molar-refractivity contribution in [3.05, 3.63) is 29.8 Å². The lowest BCUT2D eigenvalue weighted by Crippen LogP contribution is -2.56.